The number of fused-ring (bicyclic) bond motifs is 1. The Kier molecular flexibility index (Phi) is 4.19. The van der Waals surface area contributed by atoms with Crippen LogP contribution in [-0.4, -0.2) is 29.0 Å². The van der Waals surface area contributed by atoms with Gasteiger partial charge < -0.3 is 10.2 Å². The smallest absolute Gasteiger partial charge is 0.189 e. The largest absolute Gasteiger partial charge is 0.316 e. The lowest BCUT2D eigenvalue weighted by Crippen LogP contribution is -2.10. The standard InChI is InChI=1S/C15H15BrN4S/c1-20(2)9-10-5-6-17-14(7-10)19-15-18-12-4-3-11(16)8-13(12)21-15/h3-8H,9H2,1-2H3,(H,17,18,19). The molecule has 0 amide bonds. The summed E-state index contributed by atoms with van der Waals surface area (Å²) < 4.78 is 2.22. The maximum atomic E-state index is 4.58. The highest BCUT2D eigenvalue weighted by molar-refractivity contribution is 9.10. The summed E-state index contributed by atoms with van der Waals surface area (Å²) in [5, 5.41) is 4.15. The van der Waals surface area contributed by atoms with Crippen LogP contribution in [0.25, 0.3) is 10.2 Å². The molecule has 0 bridgehead atoms. The number of thiazole rings is 1. The Morgan fingerprint density at radius 1 is 1.24 bits per heavy atom. The Labute approximate surface area is 136 Å². The molecule has 0 aliphatic rings. The number of benzene rings is 1. The molecule has 0 fully saturated rings. The van der Waals surface area contributed by atoms with E-state index in [2.05, 4.69) is 62.3 Å². The van der Waals surface area contributed by atoms with Gasteiger partial charge in [0, 0.05) is 17.2 Å². The van der Waals surface area contributed by atoms with E-state index in [1.54, 1.807) is 11.3 Å². The number of halogens is 1. The Morgan fingerprint density at radius 3 is 2.90 bits per heavy atom. The first-order valence-electron chi connectivity index (χ1n) is 6.53. The van der Waals surface area contributed by atoms with Crippen LogP contribution < -0.4 is 5.32 Å². The lowest BCUT2D eigenvalue weighted by Gasteiger charge is -2.10. The van der Waals surface area contributed by atoms with Gasteiger partial charge in [-0.3, -0.25) is 0 Å². The fourth-order valence-corrected chi connectivity index (χ4v) is 3.49. The van der Waals surface area contributed by atoms with Crippen molar-refractivity contribution in [3.05, 3.63) is 46.6 Å². The van der Waals surface area contributed by atoms with Gasteiger partial charge in [0.25, 0.3) is 0 Å². The molecule has 1 aromatic carbocycles. The minimum atomic E-state index is 0.826. The van der Waals surface area contributed by atoms with Crippen molar-refractivity contribution in [2.45, 2.75) is 6.54 Å². The van der Waals surface area contributed by atoms with Crippen LogP contribution in [0.15, 0.2) is 41.0 Å². The van der Waals surface area contributed by atoms with E-state index < -0.39 is 0 Å². The average Bonchev–Trinajstić information content (AvgIpc) is 2.79. The molecule has 0 aliphatic heterocycles. The highest BCUT2D eigenvalue weighted by atomic mass is 79.9. The lowest BCUT2D eigenvalue weighted by atomic mass is 10.2. The number of nitrogens with zero attached hydrogens (tertiary/aromatic N) is 3. The van der Waals surface area contributed by atoms with Crippen molar-refractivity contribution >= 4 is 48.4 Å². The van der Waals surface area contributed by atoms with E-state index in [4.69, 9.17) is 0 Å². The number of hydrogen-bond donors (Lipinski definition) is 1. The quantitative estimate of drug-likeness (QED) is 0.752. The third kappa shape index (κ3) is 3.58. The van der Waals surface area contributed by atoms with E-state index in [1.807, 2.05) is 24.4 Å². The molecule has 1 N–H and O–H groups in total. The van der Waals surface area contributed by atoms with E-state index >= 15 is 0 Å². The van der Waals surface area contributed by atoms with Gasteiger partial charge in [0.2, 0.25) is 0 Å². The number of nitrogens with one attached hydrogen (secondary N) is 1. The van der Waals surface area contributed by atoms with Crippen LogP contribution in [0.4, 0.5) is 10.9 Å². The monoisotopic (exact) mass is 362 g/mol. The van der Waals surface area contributed by atoms with E-state index in [-0.39, 0.29) is 0 Å². The topological polar surface area (TPSA) is 41.1 Å². The molecule has 4 nitrogen and oxygen atoms in total. The lowest BCUT2D eigenvalue weighted by molar-refractivity contribution is 0.402. The second-order valence-electron chi connectivity index (χ2n) is 5.04. The molecule has 0 saturated carbocycles. The molecule has 0 spiro atoms. The number of aromatic nitrogens is 2. The zero-order valence-corrected chi connectivity index (χ0v) is 14.2. The number of anilines is 2. The first kappa shape index (κ1) is 14.4. The molecule has 3 rings (SSSR count). The third-order valence-corrected chi connectivity index (χ3v) is 4.34. The summed E-state index contributed by atoms with van der Waals surface area (Å²) in [4.78, 5) is 11.1. The Bertz CT molecular complexity index is 769. The maximum Gasteiger partial charge on any atom is 0.189 e. The van der Waals surface area contributed by atoms with Gasteiger partial charge in [-0.2, -0.15) is 0 Å². The van der Waals surface area contributed by atoms with E-state index in [0.717, 1.165) is 32.2 Å². The van der Waals surface area contributed by atoms with Crippen LogP contribution in [0.2, 0.25) is 0 Å². The third-order valence-electron chi connectivity index (χ3n) is 2.91. The van der Waals surface area contributed by atoms with Gasteiger partial charge in [0.1, 0.15) is 5.82 Å². The van der Waals surface area contributed by atoms with Gasteiger partial charge in [-0.1, -0.05) is 27.3 Å². The van der Waals surface area contributed by atoms with Crippen LogP contribution in [0.3, 0.4) is 0 Å². The van der Waals surface area contributed by atoms with Crippen LogP contribution >= 0.6 is 27.3 Å². The molecule has 0 unspecified atom stereocenters. The minimum absolute atomic E-state index is 0.826. The van der Waals surface area contributed by atoms with Crippen molar-refractivity contribution in [2.24, 2.45) is 0 Å². The second kappa shape index (κ2) is 6.09. The van der Waals surface area contributed by atoms with E-state index in [0.29, 0.717) is 0 Å². The van der Waals surface area contributed by atoms with Gasteiger partial charge in [-0.05, 0) is 50.0 Å². The average molecular weight is 363 g/mol. The van der Waals surface area contributed by atoms with Gasteiger partial charge in [0.15, 0.2) is 5.13 Å². The summed E-state index contributed by atoms with van der Waals surface area (Å²) in [7, 11) is 4.11. The molecule has 21 heavy (non-hydrogen) atoms. The molecule has 0 radical (unpaired) electrons. The first-order valence-corrected chi connectivity index (χ1v) is 8.14. The SMILES string of the molecule is CN(C)Cc1ccnc(Nc2nc3ccc(Br)cc3s2)c1. The molecule has 0 aliphatic carbocycles. The highest BCUT2D eigenvalue weighted by Gasteiger charge is 2.06. The van der Waals surface area contributed by atoms with Gasteiger partial charge in [0.05, 0.1) is 10.2 Å². The van der Waals surface area contributed by atoms with Crippen molar-refractivity contribution in [3.63, 3.8) is 0 Å². The molecule has 2 aromatic heterocycles. The van der Waals surface area contributed by atoms with E-state index in [9.17, 15) is 0 Å². The summed E-state index contributed by atoms with van der Waals surface area (Å²) in [5.41, 5.74) is 2.22. The Morgan fingerprint density at radius 2 is 2.10 bits per heavy atom. The fourth-order valence-electron chi connectivity index (χ4n) is 2.07. The van der Waals surface area contributed by atoms with Gasteiger partial charge in [-0.25, -0.2) is 9.97 Å². The van der Waals surface area contributed by atoms with Gasteiger partial charge >= 0.3 is 0 Å². The number of hydrogen-bond acceptors (Lipinski definition) is 5. The number of pyridine rings is 1. The van der Waals surface area contributed by atoms with Gasteiger partial charge in [-0.15, -0.1) is 0 Å². The normalized spacial score (nSPS) is 11.2. The molecule has 2 heterocycles. The van der Waals surface area contributed by atoms with Crippen molar-refractivity contribution < 1.29 is 0 Å². The Balaban J connectivity index is 1.84. The van der Waals surface area contributed by atoms with Crippen molar-refractivity contribution in [1.82, 2.24) is 14.9 Å². The summed E-state index contributed by atoms with van der Waals surface area (Å²) in [6, 6.07) is 10.2. The first-order chi connectivity index (χ1) is 10.1. The molecule has 0 atom stereocenters. The Hall–Kier alpha value is -1.50. The van der Waals surface area contributed by atoms with Crippen LogP contribution in [-0.2, 0) is 6.54 Å². The summed E-state index contributed by atoms with van der Waals surface area (Å²) in [5.74, 6) is 0.826. The molecule has 108 valence electrons. The predicted molar refractivity (Wildman–Crippen MR) is 92.2 cm³/mol. The zero-order valence-electron chi connectivity index (χ0n) is 11.8. The van der Waals surface area contributed by atoms with Crippen molar-refractivity contribution in [1.29, 1.82) is 0 Å². The summed E-state index contributed by atoms with van der Waals surface area (Å²) in [6.07, 6.45) is 1.82. The van der Waals surface area contributed by atoms with Crippen LogP contribution in [0.1, 0.15) is 5.56 Å². The molecule has 0 saturated heterocycles. The maximum absolute atomic E-state index is 4.58. The number of rotatable bonds is 4. The van der Waals surface area contributed by atoms with Crippen LogP contribution in [0.5, 0.6) is 0 Å². The predicted octanol–water partition coefficient (Wildman–Crippen LogP) is 4.26. The molecule has 3 aromatic rings. The summed E-state index contributed by atoms with van der Waals surface area (Å²) >= 11 is 5.11. The van der Waals surface area contributed by atoms with Crippen LogP contribution in [0, 0.1) is 0 Å². The zero-order chi connectivity index (χ0) is 14.8. The fraction of sp³-hybridized carbons (Fsp3) is 0.200. The molecular weight excluding hydrogens is 348 g/mol. The molecule has 6 heteroatoms. The van der Waals surface area contributed by atoms with E-state index in [1.165, 1.54) is 5.56 Å². The minimum Gasteiger partial charge on any atom is -0.316 e. The molecular formula is C15H15BrN4S. The summed E-state index contributed by atoms with van der Waals surface area (Å²) in [6.45, 7) is 0.893. The second-order valence-corrected chi connectivity index (χ2v) is 6.99. The highest BCUT2D eigenvalue weighted by Crippen LogP contribution is 2.30. The van der Waals surface area contributed by atoms with Crippen molar-refractivity contribution in [3.8, 4) is 0 Å². The van der Waals surface area contributed by atoms with Crippen molar-refractivity contribution in [2.75, 3.05) is 19.4 Å².